The minimum Gasteiger partial charge on any atom is -0.368 e. The Hall–Kier alpha value is -1.39. The Bertz CT molecular complexity index is 399. The summed E-state index contributed by atoms with van der Waals surface area (Å²) >= 11 is 0. The number of nitrogens with zero attached hydrogens (tertiary/aromatic N) is 1. The van der Waals surface area contributed by atoms with E-state index in [4.69, 9.17) is 11.5 Å². The summed E-state index contributed by atoms with van der Waals surface area (Å²) in [6, 6.07) is 10.1. The number of hydrogen-bond donors (Lipinski definition) is 2. The maximum Gasteiger partial charge on any atom is 0.235 e. The second-order valence-electron chi connectivity index (χ2n) is 5.44. The van der Waals surface area contributed by atoms with Gasteiger partial charge in [0, 0.05) is 6.54 Å². The average molecular weight is 261 g/mol. The largest absolute Gasteiger partial charge is 0.368 e. The summed E-state index contributed by atoms with van der Waals surface area (Å²) in [5.74, 6) is 0.329. The average Bonchev–Trinajstić information content (AvgIpc) is 2.42. The van der Waals surface area contributed by atoms with Crippen LogP contribution in [-0.4, -0.2) is 36.5 Å². The number of rotatable bonds is 5. The minimum atomic E-state index is -0.536. The minimum absolute atomic E-state index is 0.411. The quantitative estimate of drug-likeness (QED) is 0.821. The Balaban J connectivity index is 1.75. The monoisotopic (exact) mass is 261 g/mol. The van der Waals surface area contributed by atoms with Gasteiger partial charge in [-0.3, -0.25) is 4.79 Å². The highest BCUT2D eigenvalue weighted by atomic mass is 16.1. The molecule has 1 fully saturated rings. The fraction of sp³-hybridized carbons (Fsp3) is 0.533. The van der Waals surface area contributed by atoms with Crippen LogP contribution in [0.25, 0.3) is 0 Å². The van der Waals surface area contributed by atoms with Gasteiger partial charge in [-0.25, -0.2) is 0 Å². The summed E-state index contributed by atoms with van der Waals surface area (Å²) in [6.45, 7) is 2.62. The van der Waals surface area contributed by atoms with Gasteiger partial charge in [0.2, 0.25) is 5.91 Å². The van der Waals surface area contributed by atoms with Gasteiger partial charge in [-0.15, -0.1) is 0 Å². The lowest BCUT2D eigenvalue weighted by atomic mass is 9.90. The van der Waals surface area contributed by atoms with Crippen LogP contribution in [-0.2, 0) is 11.2 Å². The summed E-state index contributed by atoms with van der Waals surface area (Å²) in [5.41, 5.74) is 12.3. The summed E-state index contributed by atoms with van der Waals surface area (Å²) in [6.07, 6.45) is 3.48. The zero-order valence-corrected chi connectivity index (χ0v) is 11.3. The molecular weight excluding hydrogens is 238 g/mol. The Morgan fingerprint density at radius 1 is 1.26 bits per heavy atom. The highest BCUT2D eigenvalue weighted by Gasteiger charge is 2.22. The normalized spacial score (nSPS) is 19.2. The van der Waals surface area contributed by atoms with Gasteiger partial charge in [-0.1, -0.05) is 30.3 Å². The molecule has 0 radical (unpaired) electrons. The van der Waals surface area contributed by atoms with Crippen molar-refractivity contribution in [2.24, 2.45) is 17.4 Å². The van der Waals surface area contributed by atoms with Crippen LogP contribution in [0.5, 0.6) is 0 Å². The molecule has 1 saturated heterocycles. The third kappa shape index (κ3) is 4.33. The predicted molar refractivity (Wildman–Crippen MR) is 76.5 cm³/mol. The third-order valence-corrected chi connectivity index (χ3v) is 3.89. The van der Waals surface area contributed by atoms with Crippen LogP contribution in [0.2, 0.25) is 0 Å². The van der Waals surface area contributed by atoms with E-state index >= 15 is 0 Å². The fourth-order valence-electron chi connectivity index (χ4n) is 2.69. The van der Waals surface area contributed by atoms with Gasteiger partial charge in [0.05, 0.1) is 6.04 Å². The second-order valence-corrected chi connectivity index (χ2v) is 5.44. The van der Waals surface area contributed by atoms with E-state index in [1.165, 1.54) is 18.4 Å². The Labute approximate surface area is 114 Å². The highest BCUT2D eigenvalue weighted by molar-refractivity contribution is 5.79. The zero-order chi connectivity index (χ0) is 13.7. The molecule has 1 atom stereocenters. The van der Waals surface area contributed by atoms with Gasteiger partial charge in [-0.2, -0.15) is 0 Å². The van der Waals surface area contributed by atoms with Crippen LogP contribution < -0.4 is 11.5 Å². The summed E-state index contributed by atoms with van der Waals surface area (Å²) in [7, 11) is 0. The summed E-state index contributed by atoms with van der Waals surface area (Å²) < 4.78 is 0. The maximum absolute atomic E-state index is 10.9. The number of benzene rings is 1. The van der Waals surface area contributed by atoms with E-state index in [2.05, 4.69) is 35.2 Å². The number of primary amides is 1. The molecule has 104 valence electrons. The van der Waals surface area contributed by atoms with Crippen molar-refractivity contribution in [3.05, 3.63) is 35.9 Å². The Morgan fingerprint density at radius 3 is 2.47 bits per heavy atom. The maximum atomic E-state index is 10.9. The van der Waals surface area contributed by atoms with Gasteiger partial charge in [0.1, 0.15) is 0 Å². The number of piperidine rings is 1. The van der Waals surface area contributed by atoms with Crippen LogP contribution in [0.3, 0.4) is 0 Å². The number of amides is 1. The Morgan fingerprint density at radius 2 is 1.89 bits per heavy atom. The molecule has 1 aliphatic heterocycles. The molecular formula is C15H23N3O. The Kier molecular flexibility index (Phi) is 4.93. The first-order valence-electron chi connectivity index (χ1n) is 6.96. The molecule has 0 aliphatic carbocycles. The van der Waals surface area contributed by atoms with Crippen LogP contribution in [0, 0.1) is 5.92 Å². The molecule has 4 heteroatoms. The lowest BCUT2D eigenvalue weighted by molar-refractivity contribution is -0.119. The van der Waals surface area contributed by atoms with Gasteiger partial charge in [0.15, 0.2) is 0 Å². The number of carbonyl (C=O) groups excluding carboxylic acids is 1. The molecule has 0 saturated carbocycles. The van der Waals surface area contributed by atoms with Gasteiger partial charge in [-0.05, 0) is 43.8 Å². The molecule has 1 heterocycles. The molecule has 1 aromatic carbocycles. The van der Waals surface area contributed by atoms with Crippen molar-refractivity contribution in [3.63, 3.8) is 0 Å². The molecule has 1 unspecified atom stereocenters. The molecule has 1 aromatic rings. The molecule has 0 aromatic heterocycles. The molecule has 1 aliphatic rings. The van der Waals surface area contributed by atoms with Crippen LogP contribution in [0.4, 0.5) is 0 Å². The van der Waals surface area contributed by atoms with Gasteiger partial charge >= 0.3 is 0 Å². The van der Waals surface area contributed by atoms with E-state index in [0.29, 0.717) is 6.54 Å². The van der Waals surface area contributed by atoms with Crippen LogP contribution in [0.1, 0.15) is 18.4 Å². The lowest BCUT2D eigenvalue weighted by Gasteiger charge is -2.33. The van der Waals surface area contributed by atoms with E-state index in [9.17, 15) is 4.79 Å². The summed E-state index contributed by atoms with van der Waals surface area (Å²) in [5, 5.41) is 0. The molecule has 2 rings (SSSR count). The number of carbonyl (C=O) groups is 1. The molecule has 0 bridgehead atoms. The lowest BCUT2D eigenvalue weighted by Crippen LogP contribution is -2.48. The van der Waals surface area contributed by atoms with E-state index < -0.39 is 11.9 Å². The van der Waals surface area contributed by atoms with Gasteiger partial charge < -0.3 is 16.4 Å². The molecule has 19 heavy (non-hydrogen) atoms. The van der Waals surface area contributed by atoms with Crippen molar-refractivity contribution in [1.29, 1.82) is 0 Å². The second kappa shape index (κ2) is 6.68. The smallest absolute Gasteiger partial charge is 0.235 e. The van der Waals surface area contributed by atoms with Crippen molar-refractivity contribution in [1.82, 2.24) is 4.90 Å². The molecule has 4 N–H and O–H groups in total. The van der Waals surface area contributed by atoms with E-state index in [1.807, 2.05) is 0 Å². The first-order valence-corrected chi connectivity index (χ1v) is 6.96. The van der Waals surface area contributed by atoms with Crippen molar-refractivity contribution in [2.75, 3.05) is 19.6 Å². The molecule has 0 spiro atoms. The van der Waals surface area contributed by atoms with Crippen molar-refractivity contribution in [2.45, 2.75) is 25.3 Å². The van der Waals surface area contributed by atoms with Crippen molar-refractivity contribution in [3.8, 4) is 0 Å². The first-order chi connectivity index (χ1) is 9.15. The van der Waals surface area contributed by atoms with Crippen LogP contribution in [0.15, 0.2) is 30.3 Å². The SMILES string of the molecule is NC(=O)C(N)CN1CCC(Cc2ccccc2)CC1. The van der Waals surface area contributed by atoms with E-state index in [0.717, 1.165) is 25.4 Å². The van der Waals surface area contributed by atoms with Gasteiger partial charge in [0.25, 0.3) is 0 Å². The highest BCUT2D eigenvalue weighted by Crippen LogP contribution is 2.21. The molecule has 4 nitrogen and oxygen atoms in total. The van der Waals surface area contributed by atoms with E-state index in [-0.39, 0.29) is 0 Å². The summed E-state index contributed by atoms with van der Waals surface area (Å²) in [4.78, 5) is 13.2. The number of hydrogen-bond acceptors (Lipinski definition) is 3. The van der Waals surface area contributed by atoms with Crippen LogP contribution >= 0.6 is 0 Å². The standard InChI is InChI=1S/C15H23N3O/c16-14(15(17)19)11-18-8-6-13(7-9-18)10-12-4-2-1-3-5-12/h1-5,13-14H,6-11,16H2,(H2,17,19). The number of likely N-dealkylation sites (tertiary alicyclic amines) is 1. The zero-order valence-electron chi connectivity index (χ0n) is 11.3. The fourth-order valence-corrected chi connectivity index (χ4v) is 2.69. The van der Waals surface area contributed by atoms with E-state index in [1.54, 1.807) is 0 Å². The number of nitrogens with two attached hydrogens (primary N) is 2. The molecule has 1 amide bonds. The predicted octanol–water partition coefficient (Wildman–Crippen LogP) is 0.754. The van der Waals surface area contributed by atoms with Crippen molar-refractivity contribution < 1.29 is 4.79 Å². The topological polar surface area (TPSA) is 72.3 Å². The first kappa shape index (κ1) is 14.0. The third-order valence-electron chi connectivity index (χ3n) is 3.89. The van der Waals surface area contributed by atoms with Crippen molar-refractivity contribution >= 4 is 5.91 Å².